The molecule has 0 aromatic heterocycles. The fraction of sp³-hybridized carbons (Fsp3) is 0.294. The fourth-order valence-electron chi connectivity index (χ4n) is 2.26. The van der Waals surface area contributed by atoms with Crippen molar-refractivity contribution in [3.8, 4) is 5.75 Å². The van der Waals surface area contributed by atoms with Gasteiger partial charge in [-0.15, -0.1) is 0 Å². The van der Waals surface area contributed by atoms with Crippen LogP contribution in [-0.2, 0) is 19.5 Å². The standard InChI is InChI=1S/C17H20FNO/c1-3-13-7-4-5-8-14(13)11-19-12-15-9-6-10-16(20-2)17(15)18/h4-10,19H,3,11-12H2,1-2H3. The van der Waals surface area contributed by atoms with Crippen LogP contribution < -0.4 is 10.1 Å². The molecule has 0 bridgehead atoms. The topological polar surface area (TPSA) is 21.3 Å². The number of hydrogen-bond donors (Lipinski definition) is 1. The van der Waals surface area contributed by atoms with E-state index in [4.69, 9.17) is 4.74 Å². The van der Waals surface area contributed by atoms with Gasteiger partial charge in [0, 0.05) is 18.7 Å². The van der Waals surface area contributed by atoms with Crippen molar-refractivity contribution in [1.82, 2.24) is 5.32 Å². The Morgan fingerprint density at radius 2 is 1.60 bits per heavy atom. The van der Waals surface area contributed by atoms with E-state index in [1.165, 1.54) is 18.2 Å². The van der Waals surface area contributed by atoms with E-state index >= 15 is 0 Å². The zero-order valence-corrected chi connectivity index (χ0v) is 11.9. The lowest BCUT2D eigenvalue weighted by Crippen LogP contribution is -2.15. The molecule has 0 fully saturated rings. The Labute approximate surface area is 119 Å². The second-order valence-corrected chi connectivity index (χ2v) is 4.66. The second kappa shape index (κ2) is 7.06. The summed E-state index contributed by atoms with van der Waals surface area (Å²) >= 11 is 0. The van der Waals surface area contributed by atoms with Crippen LogP contribution in [0.2, 0.25) is 0 Å². The number of methoxy groups -OCH3 is 1. The SMILES string of the molecule is CCc1ccccc1CNCc1cccc(OC)c1F. The predicted octanol–water partition coefficient (Wildman–Crippen LogP) is 3.69. The lowest BCUT2D eigenvalue weighted by atomic mass is 10.1. The minimum Gasteiger partial charge on any atom is -0.494 e. The summed E-state index contributed by atoms with van der Waals surface area (Å²) in [5.74, 6) is 0.00420. The van der Waals surface area contributed by atoms with Gasteiger partial charge < -0.3 is 10.1 Å². The highest BCUT2D eigenvalue weighted by atomic mass is 19.1. The molecular weight excluding hydrogens is 253 g/mol. The van der Waals surface area contributed by atoms with Crippen LogP contribution in [0.25, 0.3) is 0 Å². The molecule has 0 heterocycles. The molecule has 0 aliphatic rings. The van der Waals surface area contributed by atoms with Crippen molar-refractivity contribution in [1.29, 1.82) is 0 Å². The van der Waals surface area contributed by atoms with Gasteiger partial charge in [0.05, 0.1) is 7.11 Å². The third-order valence-corrected chi connectivity index (χ3v) is 3.39. The third kappa shape index (κ3) is 3.36. The molecule has 3 heteroatoms. The molecule has 2 rings (SSSR count). The summed E-state index contributed by atoms with van der Waals surface area (Å²) in [5.41, 5.74) is 3.21. The van der Waals surface area contributed by atoms with Crippen molar-refractivity contribution in [3.63, 3.8) is 0 Å². The van der Waals surface area contributed by atoms with E-state index in [-0.39, 0.29) is 5.82 Å². The van der Waals surface area contributed by atoms with Crippen LogP contribution in [0, 0.1) is 5.82 Å². The summed E-state index contributed by atoms with van der Waals surface area (Å²) < 4.78 is 19.0. The lowest BCUT2D eigenvalue weighted by molar-refractivity contribution is 0.383. The molecule has 20 heavy (non-hydrogen) atoms. The number of benzene rings is 2. The Balaban J connectivity index is 1.99. The van der Waals surface area contributed by atoms with Crippen molar-refractivity contribution in [2.45, 2.75) is 26.4 Å². The molecule has 2 aromatic rings. The van der Waals surface area contributed by atoms with Crippen LogP contribution >= 0.6 is 0 Å². The van der Waals surface area contributed by atoms with Crippen LogP contribution in [-0.4, -0.2) is 7.11 Å². The number of ether oxygens (including phenoxy) is 1. The molecule has 2 nitrogen and oxygen atoms in total. The fourth-order valence-corrected chi connectivity index (χ4v) is 2.26. The Bertz CT molecular complexity index is 569. The average Bonchev–Trinajstić information content (AvgIpc) is 2.49. The van der Waals surface area contributed by atoms with Crippen LogP contribution in [0.3, 0.4) is 0 Å². The van der Waals surface area contributed by atoms with Crippen molar-refractivity contribution < 1.29 is 9.13 Å². The third-order valence-electron chi connectivity index (χ3n) is 3.39. The Hall–Kier alpha value is -1.87. The van der Waals surface area contributed by atoms with Gasteiger partial charge in [0.1, 0.15) is 0 Å². The Kier molecular flexibility index (Phi) is 5.13. The molecule has 0 spiro atoms. The molecule has 0 atom stereocenters. The Morgan fingerprint density at radius 1 is 0.950 bits per heavy atom. The first-order chi connectivity index (χ1) is 9.76. The number of rotatable bonds is 6. The van der Waals surface area contributed by atoms with E-state index in [2.05, 4.69) is 24.4 Å². The molecule has 0 aliphatic heterocycles. The quantitative estimate of drug-likeness (QED) is 0.866. The van der Waals surface area contributed by atoms with Crippen LogP contribution in [0.4, 0.5) is 4.39 Å². The van der Waals surface area contributed by atoms with Crippen molar-refractivity contribution in [2.24, 2.45) is 0 Å². The minimum atomic E-state index is -0.286. The average molecular weight is 273 g/mol. The maximum atomic E-state index is 14.0. The number of aryl methyl sites for hydroxylation is 1. The summed E-state index contributed by atoms with van der Waals surface area (Å²) in [5, 5.41) is 3.29. The van der Waals surface area contributed by atoms with E-state index in [0.717, 1.165) is 13.0 Å². The zero-order chi connectivity index (χ0) is 14.4. The zero-order valence-electron chi connectivity index (χ0n) is 11.9. The summed E-state index contributed by atoms with van der Waals surface area (Å²) in [6.07, 6.45) is 1.01. The maximum absolute atomic E-state index is 14.0. The monoisotopic (exact) mass is 273 g/mol. The number of hydrogen-bond acceptors (Lipinski definition) is 2. The second-order valence-electron chi connectivity index (χ2n) is 4.66. The van der Waals surface area contributed by atoms with E-state index in [0.29, 0.717) is 17.9 Å². The molecule has 0 aliphatic carbocycles. The molecule has 0 unspecified atom stereocenters. The number of halogens is 1. The van der Waals surface area contributed by atoms with Crippen molar-refractivity contribution in [2.75, 3.05) is 7.11 Å². The van der Waals surface area contributed by atoms with Crippen molar-refractivity contribution >= 4 is 0 Å². The van der Waals surface area contributed by atoms with E-state index in [1.54, 1.807) is 18.2 Å². The first-order valence-corrected chi connectivity index (χ1v) is 6.85. The molecular formula is C17H20FNO. The summed E-state index contributed by atoms with van der Waals surface area (Å²) in [4.78, 5) is 0. The molecule has 1 N–H and O–H groups in total. The van der Waals surface area contributed by atoms with Gasteiger partial charge in [0.2, 0.25) is 0 Å². The molecule has 106 valence electrons. The van der Waals surface area contributed by atoms with Crippen LogP contribution in [0.1, 0.15) is 23.6 Å². The molecule has 0 amide bonds. The largest absolute Gasteiger partial charge is 0.494 e. The van der Waals surface area contributed by atoms with E-state index < -0.39 is 0 Å². The van der Waals surface area contributed by atoms with Gasteiger partial charge in [-0.1, -0.05) is 43.3 Å². The molecule has 0 saturated heterocycles. The van der Waals surface area contributed by atoms with Gasteiger partial charge in [-0.3, -0.25) is 0 Å². The lowest BCUT2D eigenvalue weighted by Gasteiger charge is -2.11. The normalized spacial score (nSPS) is 10.6. The first-order valence-electron chi connectivity index (χ1n) is 6.85. The van der Waals surface area contributed by atoms with Gasteiger partial charge in [-0.25, -0.2) is 4.39 Å². The molecule has 0 radical (unpaired) electrons. The van der Waals surface area contributed by atoms with Gasteiger partial charge in [-0.2, -0.15) is 0 Å². The van der Waals surface area contributed by atoms with Gasteiger partial charge in [0.25, 0.3) is 0 Å². The van der Waals surface area contributed by atoms with Crippen LogP contribution in [0.5, 0.6) is 5.75 Å². The highest BCUT2D eigenvalue weighted by Crippen LogP contribution is 2.19. The predicted molar refractivity (Wildman–Crippen MR) is 79.3 cm³/mol. The van der Waals surface area contributed by atoms with Gasteiger partial charge in [0.15, 0.2) is 11.6 Å². The minimum absolute atomic E-state index is 0.286. The Morgan fingerprint density at radius 3 is 2.30 bits per heavy atom. The smallest absolute Gasteiger partial charge is 0.169 e. The number of nitrogens with one attached hydrogen (secondary N) is 1. The summed E-state index contributed by atoms with van der Waals surface area (Å²) in [7, 11) is 1.48. The van der Waals surface area contributed by atoms with Gasteiger partial charge >= 0.3 is 0 Å². The summed E-state index contributed by atoms with van der Waals surface area (Å²) in [6.45, 7) is 3.36. The highest BCUT2D eigenvalue weighted by Gasteiger charge is 2.08. The van der Waals surface area contributed by atoms with E-state index in [1.807, 2.05) is 12.1 Å². The van der Waals surface area contributed by atoms with Gasteiger partial charge in [-0.05, 0) is 23.6 Å². The summed E-state index contributed by atoms with van der Waals surface area (Å²) in [6, 6.07) is 13.5. The molecule has 2 aromatic carbocycles. The van der Waals surface area contributed by atoms with Crippen LogP contribution in [0.15, 0.2) is 42.5 Å². The van der Waals surface area contributed by atoms with Crippen molar-refractivity contribution in [3.05, 3.63) is 65.0 Å². The van der Waals surface area contributed by atoms with E-state index in [9.17, 15) is 4.39 Å². The molecule has 0 saturated carbocycles. The maximum Gasteiger partial charge on any atom is 0.169 e. The highest BCUT2D eigenvalue weighted by molar-refractivity contribution is 5.31. The first kappa shape index (κ1) is 14.5.